The maximum atomic E-state index is 17.5. The first-order valence-corrected chi connectivity index (χ1v) is 14.0. The Morgan fingerprint density at radius 2 is 1.77 bits per heavy atom. The van der Waals surface area contributed by atoms with Crippen molar-refractivity contribution in [3.63, 3.8) is 0 Å². The van der Waals surface area contributed by atoms with Crippen LogP contribution in [0.1, 0.15) is 66.7 Å². The van der Waals surface area contributed by atoms with Gasteiger partial charge in [-0.2, -0.15) is 0 Å². The van der Waals surface area contributed by atoms with E-state index in [1.165, 1.54) is 19.1 Å². The number of aliphatic hydroxyl groups excluding tert-OH is 2. The minimum Gasteiger partial charge on any atom is -0.390 e. The van der Waals surface area contributed by atoms with Gasteiger partial charge in [-0.1, -0.05) is 33.8 Å². The summed E-state index contributed by atoms with van der Waals surface area (Å²) in [5.41, 5.74) is -7.18. The molecule has 3 fully saturated rings. The minimum atomic E-state index is -2.64. The molecule has 39 heavy (non-hydrogen) atoms. The average Bonchev–Trinajstić information content (AvgIpc) is 3.10. The Bertz CT molecular complexity index is 1040. The van der Waals surface area contributed by atoms with Crippen molar-refractivity contribution in [2.45, 2.75) is 96.4 Å². The van der Waals surface area contributed by atoms with Crippen LogP contribution < -0.4 is 0 Å². The molecule has 3 N–H and O–H groups in total. The molecule has 8 nitrogen and oxygen atoms in total. The lowest BCUT2D eigenvalue weighted by molar-refractivity contribution is -0.512. The molecule has 0 radical (unpaired) electrons. The fourth-order valence-electron chi connectivity index (χ4n) is 8.28. The minimum absolute atomic E-state index is 0.00621. The molecule has 0 saturated heterocycles. The molecular formula is C29H42F2O8. The van der Waals surface area contributed by atoms with Crippen molar-refractivity contribution in [3.05, 3.63) is 23.8 Å². The van der Waals surface area contributed by atoms with E-state index in [2.05, 4.69) is 0 Å². The van der Waals surface area contributed by atoms with Gasteiger partial charge in [0.2, 0.25) is 0 Å². The average molecular weight is 557 g/mol. The topological polar surface area (TPSA) is 123 Å². The molecular weight excluding hydrogens is 514 g/mol. The Morgan fingerprint density at radius 3 is 2.33 bits per heavy atom. The Hall–Kier alpha value is -1.56. The molecule has 0 spiro atoms. The molecule has 0 amide bonds. The smallest absolute Gasteiger partial charge is 0.390 e. The van der Waals surface area contributed by atoms with Gasteiger partial charge in [-0.3, -0.25) is 14.3 Å². The standard InChI is InChI=1S/C29H42F2O8/c1-6-10-37-29(36,38-11-7-2)39-28(24(35)16-32)17(3)12-19-20-14-22(30)21-13-18(33)8-9-25(21,4)27(20,31)23(34)15-26(19,28)5/h8-9,13,17,19-20,22-23,32,34,36H,6-7,10-12,14-16H2,1-5H3/t17-,19+,20+,22+,23+,25+,26+,27+,28+/m1/s1. The second-order valence-electron chi connectivity index (χ2n) is 12.1. The number of halogens is 2. The third-order valence-corrected chi connectivity index (χ3v) is 9.99. The number of hydrogen-bond donors (Lipinski definition) is 3. The van der Waals surface area contributed by atoms with Crippen LogP contribution in [0.3, 0.4) is 0 Å². The van der Waals surface area contributed by atoms with Gasteiger partial charge < -0.3 is 24.8 Å². The summed E-state index contributed by atoms with van der Waals surface area (Å²) in [5, 5.41) is 33.0. The van der Waals surface area contributed by atoms with Crippen LogP contribution in [-0.4, -0.2) is 76.4 Å². The van der Waals surface area contributed by atoms with Gasteiger partial charge in [0.1, 0.15) is 18.4 Å². The van der Waals surface area contributed by atoms with Gasteiger partial charge in [0.25, 0.3) is 0 Å². The van der Waals surface area contributed by atoms with Crippen LogP contribution in [0.2, 0.25) is 0 Å². The maximum Gasteiger partial charge on any atom is 0.411 e. The molecule has 3 saturated carbocycles. The molecule has 0 aromatic heterocycles. The molecule has 0 bridgehead atoms. The highest BCUT2D eigenvalue weighted by Gasteiger charge is 2.78. The van der Waals surface area contributed by atoms with Crippen molar-refractivity contribution >= 4 is 11.6 Å². The normalized spacial score (nSPS) is 43.5. The first-order valence-electron chi connectivity index (χ1n) is 14.0. The lowest BCUT2D eigenvalue weighted by Gasteiger charge is -2.63. The first kappa shape index (κ1) is 30.4. The van der Waals surface area contributed by atoms with Crippen LogP contribution in [-0.2, 0) is 23.8 Å². The number of allylic oxidation sites excluding steroid dienone is 4. The third-order valence-electron chi connectivity index (χ3n) is 9.99. The summed E-state index contributed by atoms with van der Waals surface area (Å²) >= 11 is 0. The lowest BCUT2D eigenvalue weighted by atomic mass is 9.44. The van der Waals surface area contributed by atoms with E-state index in [0.29, 0.717) is 12.8 Å². The fraction of sp³-hybridized carbons (Fsp3) is 0.793. The Labute approximate surface area is 228 Å². The van der Waals surface area contributed by atoms with E-state index in [1.807, 2.05) is 13.8 Å². The van der Waals surface area contributed by atoms with Crippen LogP contribution >= 0.6 is 0 Å². The van der Waals surface area contributed by atoms with Crippen LogP contribution in [0.5, 0.6) is 0 Å². The molecule has 10 heteroatoms. The Morgan fingerprint density at radius 1 is 1.15 bits per heavy atom. The van der Waals surface area contributed by atoms with Crippen molar-refractivity contribution in [2.24, 2.45) is 28.6 Å². The molecule has 4 aliphatic rings. The largest absolute Gasteiger partial charge is 0.411 e. The SMILES string of the molecule is CCCOC(O)(OCCC)O[C@]1(C(=O)CO)[C@H](C)C[C@H]2[C@@H]3C[C@H](F)C4=CC(=O)C=C[C@]4(C)[C@@]3(F)[C@@H](O)C[C@@]21C. The van der Waals surface area contributed by atoms with E-state index in [1.54, 1.807) is 13.8 Å². The van der Waals surface area contributed by atoms with Gasteiger partial charge in [-0.25, -0.2) is 8.78 Å². The van der Waals surface area contributed by atoms with Gasteiger partial charge in [0.05, 0.1) is 19.3 Å². The van der Waals surface area contributed by atoms with Gasteiger partial charge in [0, 0.05) is 16.7 Å². The van der Waals surface area contributed by atoms with Crippen LogP contribution in [0.15, 0.2) is 23.8 Å². The summed E-state index contributed by atoms with van der Waals surface area (Å²) in [6.45, 7) is 7.64. The van der Waals surface area contributed by atoms with E-state index in [-0.39, 0.29) is 38.0 Å². The zero-order valence-corrected chi connectivity index (χ0v) is 23.4. The molecule has 0 aromatic carbocycles. The number of fused-ring (bicyclic) bond motifs is 5. The van der Waals surface area contributed by atoms with E-state index < -0.39 is 76.5 Å². The zero-order valence-electron chi connectivity index (χ0n) is 23.4. The number of rotatable bonds is 10. The van der Waals surface area contributed by atoms with Crippen LogP contribution in [0.4, 0.5) is 8.78 Å². The molecule has 0 aromatic rings. The predicted octanol–water partition coefficient (Wildman–Crippen LogP) is 3.32. The van der Waals surface area contributed by atoms with E-state index in [0.717, 1.165) is 6.08 Å². The van der Waals surface area contributed by atoms with Gasteiger partial charge in [0.15, 0.2) is 17.2 Å². The highest BCUT2D eigenvalue weighted by Crippen LogP contribution is 2.72. The fourth-order valence-corrected chi connectivity index (χ4v) is 8.28. The summed E-state index contributed by atoms with van der Waals surface area (Å²) in [6.07, 6.45) is -1.63. The number of carbonyl (C=O) groups excluding carboxylic acids is 2. The number of ketones is 2. The Kier molecular flexibility index (Phi) is 8.08. The number of hydrogen-bond acceptors (Lipinski definition) is 8. The number of alkyl halides is 2. The summed E-state index contributed by atoms with van der Waals surface area (Å²) in [7, 11) is 0. The molecule has 0 aliphatic heterocycles. The molecule has 4 rings (SSSR count). The van der Waals surface area contributed by atoms with Crippen molar-refractivity contribution < 1.29 is 47.9 Å². The lowest BCUT2D eigenvalue weighted by Crippen LogP contribution is -2.71. The summed E-state index contributed by atoms with van der Waals surface area (Å²) in [4.78, 5) is 25.7. The van der Waals surface area contributed by atoms with Crippen LogP contribution in [0.25, 0.3) is 0 Å². The second-order valence-corrected chi connectivity index (χ2v) is 12.1. The molecule has 0 unspecified atom stereocenters. The molecule has 0 heterocycles. The van der Waals surface area contributed by atoms with Crippen molar-refractivity contribution in [1.82, 2.24) is 0 Å². The highest BCUT2D eigenvalue weighted by molar-refractivity contribution is 6.01. The molecule has 220 valence electrons. The number of carbonyl (C=O) groups is 2. The summed E-state index contributed by atoms with van der Waals surface area (Å²) in [5.74, 6) is -3.62. The van der Waals surface area contributed by atoms with Gasteiger partial charge in [-0.05, 0) is 68.6 Å². The highest BCUT2D eigenvalue weighted by atomic mass is 19.1. The van der Waals surface area contributed by atoms with Crippen LogP contribution in [0, 0.1) is 28.6 Å². The maximum absolute atomic E-state index is 17.5. The Balaban J connectivity index is 1.84. The monoisotopic (exact) mass is 556 g/mol. The zero-order chi connectivity index (χ0) is 29.0. The van der Waals surface area contributed by atoms with Crippen molar-refractivity contribution in [1.29, 1.82) is 0 Å². The molecule has 4 aliphatic carbocycles. The quantitative estimate of drug-likeness (QED) is 0.351. The second kappa shape index (κ2) is 10.4. The van der Waals surface area contributed by atoms with Crippen molar-refractivity contribution in [2.75, 3.05) is 19.8 Å². The van der Waals surface area contributed by atoms with Gasteiger partial charge in [-0.15, -0.1) is 0 Å². The summed E-state index contributed by atoms with van der Waals surface area (Å²) in [6, 6.07) is 0. The van der Waals surface area contributed by atoms with Crippen molar-refractivity contribution in [3.8, 4) is 0 Å². The number of Topliss-reactive ketones (excluding diaryl/α,β-unsaturated/α-hetero) is 1. The molecule has 9 atom stereocenters. The number of aliphatic hydroxyl groups is 3. The third kappa shape index (κ3) is 4.20. The predicted molar refractivity (Wildman–Crippen MR) is 137 cm³/mol. The summed E-state index contributed by atoms with van der Waals surface area (Å²) < 4.78 is 50.4. The first-order chi connectivity index (χ1) is 18.2. The van der Waals surface area contributed by atoms with E-state index in [9.17, 15) is 24.9 Å². The van der Waals surface area contributed by atoms with E-state index >= 15 is 8.78 Å². The van der Waals surface area contributed by atoms with E-state index in [4.69, 9.17) is 14.2 Å². The van der Waals surface area contributed by atoms with Gasteiger partial charge >= 0.3 is 6.16 Å². The number of ether oxygens (including phenoxy) is 3.